The lowest BCUT2D eigenvalue weighted by atomic mass is 9.45. The van der Waals surface area contributed by atoms with Crippen molar-refractivity contribution in [3.05, 3.63) is 40.8 Å². The lowest BCUT2D eigenvalue weighted by Gasteiger charge is -2.62. The lowest BCUT2D eigenvalue weighted by Crippen LogP contribution is -2.62. The van der Waals surface area contributed by atoms with Gasteiger partial charge in [0, 0.05) is 29.7 Å². The zero-order valence-corrected chi connectivity index (χ0v) is 19.6. The number of ether oxygens (including phenoxy) is 2. The van der Waals surface area contributed by atoms with Gasteiger partial charge in [0.2, 0.25) is 0 Å². The number of hydrogen-bond acceptors (Lipinski definition) is 6. The van der Waals surface area contributed by atoms with Crippen molar-refractivity contribution >= 4 is 16.9 Å². The van der Waals surface area contributed by atoms with Crippen LogP contribution in [0.2, 0.25) is 0 Å². The molecule has 0 spiro atoms. The standard InChI is InChI=1S/C26H34O6/c1-16(27)31-22-11-12-25(4)20(24(22,2)3)10-13-26(5,29)21(25)15-30-18-7-8-19-17(14-18)6-9-23(28)32-19/h6-9,14,20-22,29H,10-13,15H2,1-5H3/t20-,21+,22+,25+,26+/m0/s1. The van der Waals surface area contributed by atoms with Crippen molar-refractivity contribution in [2.24, 2.45) is 22.7 Å². The number of rotatable bonds is 4. The van der Waals surface area contributed by atoms with Crippen LogP contribution in [-0.2, 0) is 9.53 Å². The average molecular weight is 443 g/mol. The molecule has 0 amide bonds. The Labute approximate surface area is 188 Å². The third-order valence-electron chi connectivity index (χ3n) is 8.27. The Morgan fingerprint density at radius 2 is 1.88 bits per heavy atom. The van der Waals surface area contributed by atoms with E-state index >= 15 is 0 Å². The normalized spacial score (nSPS) is 34.0. The number of fused-ring (bicyclic) bond motifs is 2. The van der Waals surface area contributed by atoms with Crippen molar-refractivity contribution in [3.8, 4) is 5.75 Å². The number of hydrogen-bond donors (Lipinski definition) is 1. The third kappa shape index (κ3) is 3.94. The molecule has 5 atom stereocenters. The third-order valence-corrected chi connectivity index (χ3v) is 8.27. The minimum atomic E-state index is -0.848. The van der Waals surface area contributed by atoms with Gasteiger partial charge in [-0.1, -0.05) is 20.8 Å². The molecule has 4 rings (SSSR count). The summed E-state index contributed by atoms with van der Waals surface area (Å²) in [6.07, 6.45) is 3.10. The Hall–Kier alpha value is -2.34. The van der Waals surface area contributed by atoms with Gasteiger partial charge in [0.1, 0.15) is 17.4 Å². The summed E-state index contributed by atoms with van der Waals surface area (Å²) >= 11 is 0. The van der Waals surface area contributed by atoms with E-state index in [-0.39, 0.29) is 34.4 Å². The maximum Gasteiger partial charge on any atom is 0.336 e. The summed E-state index contributed by atoms with van der Waals surface area (Å²) < 4.78 is 17.1. The first kappa shape index (κ1) is 22.8. The smallest absolute Gasteiger partial charge is 0.336 e. The van der Waals surface area contributed by atoms with Crippen molar-refractivity contribution in [1.29, 1.82) is 0 Å². The van der Waals surface area contributed by atoms with Crippen LogP contribution < -0.4 is 10.4 Å². The molecule has 0 aliphatic heterocycles. The van der Waals surface area contributed by atoms with Gasteiger partial charge in [0.15, 0.2) is 0 Å². The first-order valence-corrected chi connectivity index (χ1v) is 11.5. The summed E-state index contributed by atoms with van der Waals surface area (Å²) in [6.45, 7) is 10.4. The number of benzene rings is 1. The number of carbonyl (C=O) groups excluding carboxylic acids is 1. The molecule has 2 fully saturated rings. The Bertz CT molecular complexity index is 1070. The Balaban J connectivity index is 1.59. The molecule has 6 heteroatoms. The van der Waals surface area contributed by atoms with E-state index in [1.54, 1.807) is 18.2 Å². The number of aliphatic hydroxyl groups is 1. The van der Waals surface area contributed by atoms with Gasteiger partial charge in [-0.25, -0.2) is 4.79 Å². The molecular weight excluding hydrogens is 408 g/mol. The van der Waals surface area contributed by atoms with E-state index in [0.717, 1.165) is 24.6 Å². The van der Waals surface area contributed by atoms with Gasteiger partial charge in [-0.05, 0) is 68.2 Å². The monoisotopic (exact) mass is 442 g/mol. The highest BCUT2D eigenvalue weighted by Gasteiger charge is 2.61. The molecule has 174 valence electrons. The molecule has 2 aliphatic rings. The van der Waals surface area contributed by atoms with Gasteiger partial charge in [0.05, 0.1) is 12.2 Å². The summed E-state index contributed by atoms with van der Waals surface area (Å²) in [5.41, 5.74) is -1.04. The molecular formula is C26H34O6. The number of esters is 1. The van der Waals surface area contributed by atoms with E-state index in [9.17, 15) is 14.7 Å². The van der Waals surface area contributed by atoms with Gasteiger partial charge in [-0.2, -0.15) is 0 Å². The molecule has 0 unspecified atom stereocenters. The zero-order valence-electron chi connectivity index (χ0n) is 19.6. The second-order valence-electron chi connectivity index (χ2n) is 10.7. The fourth-order valence-corrected chi connectivity index (χ4v) is 6.60. The molecule has 2 aliphatic carbocycles. The van der Waals surface area contributed by atoms with E-state index in [1.165, 1.54) is 13.0 Å². The first-order chi connectivity index (χ1) is 14.9. The van der Waals surface area contributed by atoms with Gasteiger partial charge in [0.25, 0.3) is 0 Å². The minimum absolute atomic E-state index is 0.0734. The molecule has 1 heterocycles. The second kappa shape index (κ2) is 7.91. The Morgan fingerprint density at radius 3 is 2.59 bits per heavy atom. The van der Waals surface area contributed by atoms with Crippen LogP contribution in [0.25, 0.3) is 11.0 Å². The second-order valence-corrected chi connectivity index (χ2v) is 10.7. The zero-order chi connectivity index (χ0) is 23.3. The van der Waals surface area contributed by atoms with Gasteiger partial charge >= 0.3 is 11.6 Å². The SMILES string of the molecule is CC(=O)O[C@@H]1CC[C@@]2(C)[C@@H](COc3ccc4oc(=O)ccc4c3)[C@](C)(O)CC[C@H]2C1(C)C. The van der Waals surface area contributed by atoms with E-state index in [2.05, 4.69) is 20.8 Å². The van der Waals surface area contributed by atoms with Gasteiger partial charge in [-0.3, -0.25) is 4.79 Å². The average Bonchev–Trinajstić information content (AvgIpc) is 2.69. The summed E-state index contributed by atoms with van der Waals surface area (Å²) in [6, 6.07) is 8.51. The van der Waals surface area contributed by atoms with Crippen LogP contribution >= 0.6 is 0 Å². The van der Waals surface area contributed by atoms with Crippen LogP contribution in [0, 0.1) is 22.7 Å². The molecule has 32 heavy (non-hydrogen) atoms. The van der Waals surface area contributed by atoms with Crippen molar-refractivity contribution in [2.45, 2.75) is 72.0 Å². The molecule has 1 N–H and O–H groups in total. The topological polar surface area (TPSA) is 86.0 Å². The predicted octanol–water partition coefficient (Wildman–Crippen LogP) is 4.71. The van der Waals surface area contributed by atoms with Crippen LogP contribution in [-0.4, -0.2) is 29.4 Å². The highest BCUT2D eigenvalue weighted by molar-refractivity contribution is 5.77. The fraction of sp³-hybridized carbons (Fsp3) is 0.615. The van der Waals surface area contributed by atoms with Crippen molar-refractivity contribution in [3.63, 3.8) is 0 Å². The van der Waals surface area contributed by atoms with Crippen LogP contribution in [0.15, 0.2) is 39.5 Å². The highest BCUT2D eigenvalue weighted by Crippen LogP contribution is 2.62. The molecule has 1 aromatic carbocycles. The quantitative estimate of drug-likeness (QED) is 0.545. The molecule has 2 aromatic rings. The molecule has 6 nitrogen and oxygen atoms in total. The van der Waals surface area contributed by atoms with Crippen LogP contribution in [0.4, 0.5) is 0 Å². The van der Waals surface area contributed by atoms with Crippen molar-refractivity contribution < 1.29 is 23.8 Å². The number of carbonyl (C=O) groups is 1. The lowest BCUT2D eigenvalue weighted by molar-refractivity contribution is -0.210. The van der Waals surface area contributed by atoms with Crippen molar-refractivity contribution in [2.75, 3.05) is 6.61 Å². The van der Waals surface area contributed by atoms with E-state index in [1.807, 2.05) is 13.0 Å². The van der Waals surface area contributed by atoms with E-state index < -0.39 is 5.60 Å². The summed E-state index contributed by atoms with van der Waals surface area (Å²) in [5, 5.41) is 12.2. The maximum absolute atomic E-state index is 11.7. The highest BCUT2D eigenvalue weighted by atomic mass is 16.5. The molecule has 1 aromatic heterocycles. The van der Waals surface area contributed by atoms with E-state index in [0.29, 0.717) is 30.3 Å². The largest absolute Gasteiger partial charge is 0.493 e. The predicted molar refractivity (Wildman–Crippen MR) is 121 cm³/mol. The molecule has 0 bridgehead atoms. The fourth-order valence-electron chi connectivity index (χ4n) is 6.60. The Morgan fingerprint density at radius 1 is 1.12 bits per heavy atom. The van der Waals surface area contributed by atoms with Crippen molar-refractivity contribution in [1.82, 2.24) is 0 Å². The maximum atomic E-state index is 11.7. The van der Waals surface area contributed by atoms with Crippen LogP contribution in [0.1, 0.15) is 60.3 Å². The van der Waals surface area contributed by atoms with Gasteiger partial charge in [-0.15, -0.1) is 0 Å². The van der Waals surface area contributed by atoms with E-state index in [4.69, 9.17) is 13.9 Å². The summed E-state index contributed by atoms with van der Waals surface area (Å²) in [7, 11) is 0. The van der Waals surface area contributed by atoms with Gasteiger partial charge < -0.3 is 19.0 Å². The first-order valence-electron chi connectivity index (χ1n) is 11.5. The minimum Gasteiger partial charge on any atom is -0.493 e. The summed E-state index contributed by atoms with van der Waals surface area (Å²) in [4.78, 5) is 23.1. The molecule has 2 saturated carbocycles. The molecule has 0 radical (unpaired) electrons. The van der Waals surface area contributed by atoms with Crippen LogP contribution in [0.5, 0.6) is 5.75 Å². The molecule has 0 saturated heterocycles. The van der Waals surface area contributed by atoms with Crippen LogP contribution in [0.3, 0.4) is 0 Å². The summed E-state index contributed by atoms with van der Waals surface area (Å²) in [5.74, 6) is 0.672. The Kier molecular flexibility index (Phi) is 5.64.